The summed E-state index contributed by atoms with van der Waals surface area (Å²) >= 11 is 0. The van der Waals surface area contributed by atoms with Crippen LogP contribution in [0.25, 0.3) is 0 Å². The molecule has 0 aromatic heterocycles. The zero-order chi connectivity index (χ0) is 13.9. The van der Waals surface area contributed by atoms with Gasteiger partial charge in [0.15, 0.2) is 0 Å². The summed E-state index contributed by atoms with van der Waals surface area (Å²) in [6.45, 7) is -0.550. The SMILES string of the molecule is Cc1cc(C(N)COCC(F)(F)F)c(F)cc1F. The van der Waals surface area contributed by atoms with Crippen molar-refractivity contribution in [2.75, 3.05) is 13.2 Å². The lowest BCUT2D eigenvalue weighted by Crippen LogP contribution is -2.24. The summed E-state index contributed by atoms with van der Waals surface area (Å²) in [5.74, 6) is -1.64. The third kappa shape index (κ3) is 4.23. The van der Waals surface area contributed by atoms with Crippen molar-refractivity contribution in [3.8, 4) is 0 Å². The topological polar surface area (TPSA) is 35.2 Å². The lowest BCUT2D eigenvalue weighted by molar-refractivity contribution is -0.174. The van der Waals surface area contributed by atoms with Gasteiger partial charge in [-0.25, -0.2) is 8.78 Å². The average Bonchev–Trinajstić information content (AvgIpc) is 2.21. The monoisotopic (exact) mass is 269 g/mol. The number of nitrogens with two attached hydrogens (primary N) is 1. The summed E-state index contributed by atoms with van der Waals surface area (Å²) in [6, 6.07) is 0.729. The van der Waals surface area contributed by atoms with E-state index in [1.807, 2.05) is 0 Å². The second kappa shape index (κ2) is 5.62. The maximum Gasteiger partial charge on any atom is 0.411 e. The molecule has 0 aliphatic carbocycles. The van der Waals surface area contributed by atoms with Gasteiger partial charge >= 0.3 is 6.18 Å². The van der Waals surface area contributed by atoms with Crippen molar-refractivity contribution < 1.29 is 26.7 Å². The van der Waals surface area contributed by atoms with E-state index in [2.05, 4.69) is 4.74 Å². The molecule has 1 aromatic carbocycles. The molecular weight excluding hydrogens is 257 g/mol. The number of aryl methyl sites for hydroxylation is 1. The van der Waals surface area contributed by atoms with Crippen LogP contribution < -0.4 is 5.73 Å². The highest BCUT2D eigenvalue weighted by atomic mass is 19.4. The van der Waals surface area contributed by atoms with Gasteiger partial charge < -0.3 is 10.5 Å². The Kier molecular flexibility index (Phi) is 4.64. The van der Waals surface area contributed by atoms with E-state index in [4.69, 9.17) is 5.73 Å². The maximum absolute atomic E-state index is 13.3. The Labute approximate surface area is 101 Å². The molecule has 0 aliphatic rings. The Morgan fingerprint density at radius 1 is 1.22 bits per heavy atom. The molecule has 1 rings (SSSR count). The van der Waals surface area contributed by atoms with Gasteiger partial charge in [-0.2, -0.15) is 13.2 Å². The fourth-order valence-corrected chi connectivity index (χ4v) is 1.36. The normalized spacial score (nSPS) is 13.7. The standard InChI is InChI=1S/C11H12F5NO/c1-6-2-7(9(13)3-8(6)12)10(17)4-18-5-11(14,15)16/h2-3,10H,4-5,17H2,1H3. The zero-order valence-electron chi connectivity index (χ0n) is 9.52. The number of hydrogen-bond acceptors (Lipinski definition) is 2. The first kappa shape index (κ1) is 14.8. The lowest BCUT2D eigenvalue weighted by Gasteiger charge is -2.15. The third-order valence-electron chi connectivity index (χ3n) is 2.24. The summed E-state index contributed by atoms with van der Waals surface area (Å²) in [4.78, 5) is 0. The Hall–Kier alpha value is -1.21. The fourth-order valence-electron chi connectivity index (χ4n) is 1.36. The van der Waals surface area contributed by atoms with Crippen molar-refractivity contribution in [1.82, 2.24) is 0 Å². The van der Waals surface area contributed by atoms with Crippen molar-refractivity contribution in [3.63, 3.8) is 0 Å². The first-order valence-corrected chi connectivity index (χ1v) is 5.06. The van der Waals surface area contributed by atoms with Gasteiger partial charge in [-0.1, -0.05) is 0 Å². The minimum absolute atomic E-state index is 0.0731. The molecular formula is C11H12F5NO. The molecule has 0 heterocycles. The Morgan fingerprint density at radius 2 is 1.83 bits per heavy atom. The van der Waals surface area contributed by atoms with Gasteiger partial charge in [0.1, 0.15) is 18.2 Å². The molecule has 7 heteroatoms. The van der Waals surface area contributed by atoms with Gasteiger partial charge in [-0.05, 0) is 18.6 Å². The van der Waals surface area contributed by atoms with Crippen LogP contribution >= 0.6 is 0 Å². The number of rotatable bonds is 4. The predicted octanol–water partition coefficient (Wildman–Crippen LogP) is 2.85. The Balaban J connectivity index is 2.67. The van der Waals surface area contributed by atoms with Gasteiger partial charge in [-0.15, -0.1) is 0 Å². The van der Waals surface area contributed by atoms with E-state index >= 15 is 0 Å². The number of benzene rings is 1. The van der Waals surface area contributed by atoms with Crippen LogP contribution in [0.3, 0.4) is 0 Å². The van der Waals surface area contributed by atoms with Crippen LogP contribution in [0.2, 0.25) is 0 Å². The number of hydrogen-bond donors (Lipinski definition) is 1. The molecule has 0 bridgehead atoms. The van der Waals surface area contributed by atoms with Crippen molar-refractivity contribution >= 4 is 0 Å². The van der Waals surface area contributed by atoms with Crippen molar-refractivity contribution in [2.24, 2.45) is 5.73 Å². The largest absolute Gasteiger partial charge is 0.411 e. The molecule has 0 spiro atoms. The van der Waals surface area contributed by atoms with E-state index in [9.17, 15) is 22.0 Å². The van der Waals surface area contributed by atoms with Crippen LogP contribution in [-0.4, -0.2) is 19.4 Å². The van der Waals surface area contributed by atoms with E-state index in [-0.39, 0.29) is 11.1 Å². The highest BCUT2D eigenvalue weighted by molar-refractivity contribution is 5.28. The molecule has 1 unspecified atom stereocenters. The smallest absolute Gasteiger partial charge is 0.370 e. The third-order valence-corrected chi connectivity index (χ3v) is 2.24. The second-order valence-electron chi connectivity index (χ2n) is 3.86. The van der Waals surface area contributed by atoms with E-state index in [1.54, 1.807) is 0 Å². The van der Waals surface area contributed by atoms with Gasteiger partial charge in [0.2, 0.25) is 0 Å². The van der Waals surface area contributed by atoms with Crippen LogP contribution in [0.15, 0.2) is 12.1 Å². The minimum Gasteiger partial charge on any atom is -0.370 e. The summed E-state index contributed by atoms with van der Waals surface area (Å²) in [7, 11) is 0. The summed E-state index contributed by atoms with van der Waals surface area (Å²) in [5.41, 5.74) is 5.58. The van der Waals surface area contributed by atoms with Gasteiger partial charge in [-0.3, -0.25) is 0 Å². The van der Waals surface area contributed by atoms with E-state index in [0.29, 0.717) is 6.07 Å². The van der Waals surface area contributed by atoms with Crippen molar-refractivity contribution in [1.29, 1.82) is 0 Å². The molecule has 0 saturated carbocycles. The van der Waals surface area contributed by atoms with E-state index in [1.165, 1.54) is 6.92 Å². The molecule has 0 fully saturated rings. The summed E-state index contributed by atoms with van der Waals surface area (Å²) in [6.07, 6.45) is -4.46. The van der Waals surface area contributed by atoms with E-state index < -0.39 is 37.1 Å². The molecule has 2 N–H and O–H groups in total. The molecule has 18 heavy (non-hydrogen) atoms. The van der Waals surface area contributed by atoms with Crippen LogP contribution in [0.1, 0.15) is 17.2 Å². The van der Waals surface area contributed by atoms with Crippen LogP contribution in [0.5, 0.6) is 0 Å². The second-order valence-corrected chi connectivity index (χ2v) is 3.86. The lowest BCUT2D eigenvalue weighted by atomic mass is 10.0. The molecule has 102 valence electrons. The predicted molar refractivity (Wildman–Crippen MR) is 54.9 cm³/mol. The maximum atomic E-state index is 13.3. The highest BCUT2D eigenvalue weighted by Gasteiger charge is 2.28. The number of halogens is 5. The number of ether oxygens (including phenoxy) is 1. The summed E-state index contributed by atoms with van der Waals surface area (Å²) < 4.78 is 66.1. The molecule has 1 aromatic rings. The molecule has 1 atom stereocenters. The van der Waals surface area contributed by atoms with Crippen LogP contribution in [-0.2, 0) is 4.74 Å². The molecule has 0 radical (unpaired) electrons. The van der Waals surface area contributed by atoms with E-state index in [0.717, 1.165) is 6.07 Å². The molecule has 0 saturated heterocycles. The Morgan fingerprint density at radius 3 is 2.39 bits per heavy atom. The molecule has 0 amide bonds. The zero-order valence-corrected chi connectivity index (χ0v) is 9.52. The van der Waals surface area contributed by atoms with Gasteiger partial charge in [0.05, 0.1) is 12.6 Å². The number of alkyl halides is 3. The first-order chi connectivity index (χ1) is 8.20. The summed E-state index contributed by atoms with van der Waals surface area (Å²) in [5, 5.41) is 0. The molecule has 0 aliphatic heterocycles. The van der Waals surface area contributed by atoms with Crippen LogP contribution in [0, 0.1) is 18.6 Å². The minimum atomic E-state index is -4.46. The first-order valence-electron chi connectivity index (χ1n) is 5.06. The van der Waals surface area contributed by atoms with Crippen LogP contribution in [0.4, 0.5) is 22.0 Å². The van der Waals surface area contributed by atoms with Crippen molar-refractivity contribution in [2.45, 2.75) is 19.1 Å². The van der Waals surface area contributed by atoms with Gasteiger partial charge in [0.25, 0.3) is 0 Å². The average molecular weight is 269 g/mol. The van der Waals surface area contributed by atoms with Gasteiger partial charge in [0, 0.05) is 11.6 Å². The fraction of sp³-hybridized carbons (Fsp3) is 0.455. The Bertz CT molecular complexity index is 419. The highest BCUT2D eigenvalue weighted by Crippen LogP contribution is 2.21. The quantitative estimate of drug-likeness (QED) is 0.853. The molecule has 2 nitrogen and oxygen atoms in total. The van der Waals surface area contributed by atoms with Crippen molar-refractivity contribution in [3.05, 3.63) is 34.9 Å².